The molecule has 5 heteroatoms. The minimum Gasteiger partial charge on any atom is -0.336 e. The third kappa shape index (κ3) is 3.86. The lowest BCUT2D eigenvalue weighted by atomic mass is 10.1. The largest absolute Gasteiger partial charge is 0.336 e. The number of amides is 1. The van der Waals surface area contributed by atoms with Crippen molar-refractivity contribution in [2.75, 3.05) is 26.2 Å². The number of benzene rings is 2. The van der Waals surface area contributed by atoms with Gasteiger partial charge in [0.2, 0.25) is 0 Å². The molecule has 0 atom stereocenters. The van der Waals surface area contributed by atoms with E-state index in [1.165, 1.54) is 5.56 Å². The van der Waals surface area contributed by atoms with Crippen LogP contribution in [0.4, 0.5) is 0 Å². The molecule has 1 heterocycles. The van der Waals surface area contributed by atoms with Gasteiger partial charge in [-0.1, -0.05) is 59.6 Å². The maximum atomic E-state index is 12.6. The van der Waals surface area contributed by atoms with Crippen molar-refractivity contribution in [3.8, 4) is 0 Å². The predicted octanol–water partition coefficient (Wildman–Crippen LogP) is 3.95. The molecule has 1 aliphatic heterocycles. The molecule has 1 fully saturated rings. The summed E-state index contributed by atoms with van der Waals surface area (Å²) in [7, 11) is 0. The van der Waals surface area contributed by atoms with Crippen LogP contribution in [0.5, 0.6) is 0 Å². The first kappa shape index (κ1) is 16.3. The van der Waals surface area contributed by atoms with Gasteiger partial charge in [-0.15, -0.1) is 0 Å². The van der Waals surface area contributed by atoms with Gasteiger partial charge >= 0.3 is 0 Å². The van der Waals surface area contributed by atoms with Crippen molar-refractivity contribution in [1.82, 2.24) is 9.80 Å². The molecule has 0 bridgehead atoms. The van der Waals surface area contributed by atoms with E-state index >= 15 is 0 Å². The summed E-state index contributed by atoms with van der Waals surface area (Å²) in [5.74, 6) is -0.0446. The van der Waals surface area contributed by atoms with Gasteiger partial charge < -0.3 is 4.90 Å². The predicted molar refractivity (Wildman–Crippen MR) is 94.1 cm³/mol. The van der Waals surface area contributed by atoms with Crippen LogP contribution >= 0.6 is 23.2 Å². The molecule has 0 spiro atoms. The van der Waals surface area contributed by atoms with E-state index in [2.05, 4.69) is 29.2 Å². The number of hydrogen-bond acceptors (Lipinski definition) is 2. The van der Waals surface area contributed by atoms with E-state index in [-0.39, 0.29) is 5.91 Å². The van der Waals surface area contributed by atoms with Crippen LogP contribution in [0.1, 0.15) is 15.9 Å². The van der Waals surface area contributed by atoms with E-state index in [1.807, 2.05) is 11.0 Å². The third-order valence-corrected chi connectivity index (χ3v) is 4.91. The van der Waals surface area contributed by atoms with Crippen LogP contribution in [0.15, 0.2) is 48.5 Å². The Bertz CT molecular complexity index is 683. The average molecular weight is 349 g/mol. The monoisotopic (exact) mass is 348 g/mol. The maximum Gasteiger partial charge on any atom is 0.255 e. The zero-order chi connectivity index (χ0) is 16.2. The molecular weight excluding hydrogens is 331 g/mol. The van der Waals surface area contributed by atoms with E-state index in [4.69, 9.17) is 23.2 Å². The highest BCUT2D eigenvalue weighted by atomic mass is 35.5. The summed E-state index contributed by atoms with van der Waals surface area (Å²) in [6.45, 7) is 4.04. The van der Waals surface area contributed by atoms with Gasteiger partial charge in [0.25, 0.3) is 5.91 Å². The molecular formula is C18H18Cl2N2O. The van der Waals surface area contributed by atoms with Gasteiger partial charge in [0.15, 0.2) is 0 Å². The fourth-order valence-corrected chi connectivity index (χ4v) is 3.17. The van der Waals surface area contributed by atoms with Crippen molar-refractivity contribution in [2.24, 2.45) is 0 Å². The lowest BCUT2D eigenvalue weighted by Crippen LogP contribution is -2.48. The number of rotatable bonds is 3. The fraction of sp³-hybridized carbons (Fsp3) is 0.278. The first-order valence-corrected chi connectivity index (χ1v) is 8.40. The number of carbonyl (C=O) groups is 1. The molecule has 23 heavy (non-hydrogen) atoms. The molecule has 120 valence electrons. The summed E-state index contributed by atoms with van der Waals surface area (Å²) >= 11 is 12.2. The second kappa shape index (κ2) is 7.35. The minimum atomic E-state index is -0.0446. The third-order valence-electron chi connectivity index (χ3n) is 4.09. The van der Waals surface area contributed by atoms with Gasteiger partial charge in [0.1, 0.15) is 0 Å². The Morgan fingerprint density at radius 2 is 1.61 bits per heavy atom. The lowest BCUT2D eigenvalue weighted by molar-refractivity contribution is 0.0628. The zero-order valence-corrected chi connectivity index (χ0v) is 14.2. The smallest absolute Gasteiger partial charge is 0.255 e. The second-order valence-corrected chi connectivity index (χ2v) is 6.44. The molecule has 2 aromatic carbocycles. The van der Waals surface area contributed by atoms with Crippen molar-refractivity contribution >= 4 is 29.1 Å². The van der Waals surface area contributed by atoms with Crippen LogP contribution in [0.3, 0.4) is 0 Å². The molecule has 1 aliphatic rings. The summed E-state index contributed by atoms with van der Waals surface area (Å²) in [6, 6.07) is 15.6. The molecule has 0 unspecified atom stereocenters. The number of hydrogen-bond donors (Lipinski definition) is 0. The molecule has 0 aromatic heterocycles. The SMILES string of the molecule is O=C(c1cccc(Cl)c1Cl)N1CCN(Cc2ccccc2)CC1. The molecule has 1 saturated heterocycles. The summed E-state index contributed by atoms with van der Waals surface area (Å²) < 4.78 is 0. The van der Waals surface area contributed by atoms with Gasteiger partial charge in [0, 0.05) is 32.7 Å². The second-order valence-electron chi connectivity index (χ2n) is 5.66. The van der Waals surface area contributed by atoms with Gasteiger partial charge in [0.05, 0.1) is 15.6 Å². The quantitative estimate of drug-likeness (QED) is 0.838. The lowest BCUT2D eigenvalue weighted by Gasteiger charge is -2.35. The van der Waals surface area contributed by atoms with Gasteiger partial charge in [-0.05, 0) is 17.7 Å². The van der Waals surface area contributed by atoms with E-state index < -0.39 is 0 Å². The van der Waals surface area contributed by atoms with Crippen LogP contribution in [0.2, 0.25) is 10.0 Å². The Labute approximate surface area is 146 Å². The number of nitrogens with zero attached hydrogens (tertiary/aromatic N) is 2. The molecule has 0 radical (unpaired) electrons. The summed E-state index contributed by atoms with van der Waals surface area (Å²) in [4.78, 5) is 16.8. The summed E-state index contributed by atoms with van der Waals surface area (Å²) in [5.41, 5.74) is 1.78. The summed E-state index contributed by atoms with van der Waals surface area (Å²) in [5, 5.41) is 0.756. The van der Waals surface area contributed by atoms with E-state index in [0.29, 0.717) is 28.7 Å². The molecule has 3 nitrogen and oxygen atoms in total. The number of halogens is 2. The van der Waals surface area contributed by atoms with Crippen LogP contribution in [0.25, 0.3) is 0 Å². The van der Waals surface area contributed by atoms with Crippen LogP contribution in [-0.2, 0) is 6.54 Å². The van der Waals surface area contributed by atoms with E-state index in [0.717, 1.165) is 19.6 Å². The molecule has 0 aliphatic carbocycles. The molecule has 0 saturated carbocycles. The highest BCUT2D eigenvalue weighted by Crippen LogP contribution is 2.26. The van der Waals surface area contributed by atoms with Crippen molar-refractivity contribution in [2.45, 2.75) is 6.54 Å². The van der Waals surface area contributed by atoms with Crippen molar-refractivity contribution in [3.05, 3.63) is 69.7 Å². The van der Waals surface area contributed by atoms with Crippen LogP contribution < -0.4 is 0 Å². The van der Waals surface area contributed by atoms with Crippen molar-refractivity contribution in [3.63, 3.8) is 0 Å². The molecule has 0 N–H and O–H groups in total. The maximum absolute atomic E-state index is 12.6. The standard InChI is InChI=1S/C18H18Cl2N2O/c19-16-8-4-7-15(17(16)20)18(23)22-11-9-21(10-12-22)13-14-5-2-1-3-6-14/h1-8H,9-13H2. The Balaban J connectivity index is 1.60. The first-order chi connectivity index (χ1) is 11.1. The van der Waals surface area contributed by atoms with Gasteiger partial charge in [-0.2, -0.15) is 0 Å². The van der Waals surface area contributed by atoms with Gasteiger partial charge in [-0.3, -0.25) is 9.69 Å². The number of piperazine rings is 1. The Hall–Kier alpha value is -1.55. The zero-order valence-electron chi connectivity index (χ0n) is 12.7. The minimum absolute atomic E-state index is 0.0446. The first-order valence-electron chi connectivity index (χ1n) is 7.65. The molecule has 2 aromatic rings. The van der Waals surface area contributed by atoms with E-state index in [9.17, 15) is 4.79 Å². The molecule has 1 amide bonds. The average Bonchev–Trinajstić information content (AvgIpc) is 2.58. The number of carbonyl (C=O) groups excluding carboxylic acids is 1. The molecule has 3 rings (SSSR count). The Morgan fingerprint density at radius 3 is 2.30 bits per heavy atom. The summed E-state index contributed by atoms with van der Waals surface area (Å²) in [6.07, 6.45) is 0. The Kier molecular flexibility index (Phi) is 5.21. The van der Waals surface area contributed by atoms with Gasteiger partial charge in [-0.25, -0.2) is 0 Å². The fourth-order valence-electron chi connectivity index (χ4n) is 2.79. The highest BCUT2D eigenvalue weighted by Gasteiger charge is 2.24. The van der Waals surface area contributed by atoms with Crippen LogP contribution in [-0.4, -0.2) is 41.9 Å². The van der Waals surface area contributed by atoms with Crippen molar-refractivity contribution < 1.29 is 4.79 Å². The topological polar surface area (TPSA) is 23.6 Å². The normalized spacial score (nSPS) is 15.7. The Morgan fingerprint density at radius 1 is 0.913 bits per heavy atom. The van der Waals surface area contributed by atoms with Crippen LogP contribution in [0, 0.1) is 0 Å². The highest BCUT2D eigenvalue weighted by molar-refractivity contribution is 6.43. The van der Waals surface area contributed by atoms with Crippen molar-refractivity contribution in [1.29, 1.82) is 0 Å². The van der Waals surface area contributed by atoms with E-state index in [1.54, 1.807) is 18.2 Å².